The number of rotatable bonds is 5. The fourth-order valence-corrected chi connectivity index (χ4v) is 2.90. The number of carbonyl (C=O) groups is 1. The van der Waals surface area contributed by atoms with Crippen molar-refractivity contribution in [3.05, 3.63) is 36.2 Å². The molecule has 2 aliphatic rings. The van der Waals surface area contributed by atoms with E-state index in [0.717, 1.165) is 12.1 Å². The van der Waals surface area contributed by atoms with Crippen LogP contribution in [0.2, 0.25) is 0 Å². The zero-order chi connectivity index (χ0) is 19.6. The Kier molecular flexibility index (Phi) is 5.31. The number of halogens is 2. The van der Waals surface area contributed by atoms with Gasteiger partial charge in [0.15, 0.2) is 11.6 Å². The number of nitrogens with two attached hydrogens (primary N) is 2. The lowest BCUT2D eigenvalue weighted by atomic mass is 10.2. The summed E-state index contributed by atoms with van der Waals surface area (Å²) in [5.74, 6) is 4.09. The summed E-state index contributed by atoms with van der Waals surface area (Å²) in [6.45, 7) is 1.22. The first kappa shape index (κ1) is 18.7. The molecule has 0 spiro atoms. The van der Waals surface area contributed by atoms with Crippen LogP contribution in [0.25, 0.3) is 0 Å². The molecule has 1 fully saturated rings. The van der Waals surface area contributed by atoms with Crippen LogP contribution in [0.15, 0.2) is 29.6 Å². The van der Waals surface area contributed by atoms with Gasteiger partial charge in [0.2, 0.25) is 0 Å². The summed E-state index contributed by atoms with van der Waals surface area (Å²) in [5, 5.41) is 6.95. The highest BCUT2D eigenvalue weighted by atomic mass is 19.1. The molecule has 1 atom stereocenters. The van der Waals surface area contributed by atoms with Crippen LogP contribution in [0.5, 0.6) is 0 Å². The maximum atomic E-state index is 14.6. The third-order valence-corrected chi connectivity index (χ3v) is 4.22. The summed E-state index contributed by atoms with van der Waals surface area (Å²) in [6.07, 6.45) is 2.78. The lowest BCUT2D eigenvalue weighted by Gasteiger charge is -2.28. The lowest BCUT2D eigenvalue weighted by Crippen LogP contribution is -2.37. The van der Waals surface area contributed by atoms with E-state index in [0.29, 0.717) is 13.1 Å². The number of carbonyl (C=O) groups excluding carboxylic acids is 1. The van der Waals surface area contributed by atoms with E-state index >= 15 is 0 Å². The third-order valence-electron chi connectivity index (χ3n) is 4.22. The van der Waals surface area contributed by atoms with Gasteiger partial charge in [0.05, 0.1) is 25.3 Å². The minimum atomic E-state index is -0.788. The van der Waals surface area contributed by atoms with Crippen LogP contribution in [0.3, 0.4) is 0 Å². The number of hydrogen-bond donors (Lipinski definition) is 2. The molecule has 4 N–H and O–H groups in total. The maximum Gasteiger partial charge on any atom is 0.414 e. The highest BCUT2D eigenvalue weighted by Gasteiger charge is 2.34. The van der Waals surface area contributed by atoms with Crippen molar-refractivity contribution in [2.45, 2.75) is 6.10 Å². The molecule has 1 aromatic carbocycles. The highest BCUT2D eigenvalue weighted by molar-refractivity contribution is 5.90. The fourth-order valence-electron chi connectivity index (χ4n) is 2.90. The molecule has 3 rings (SSSR count). The summed E-state index contributed by atoms with van der Waals surface area (Å²) in [6, 6.07) is 2.21. The first-order valence-electron chi connectivity index (χ1n) is 8.28. The van der Waals surface area contributed by atoms with Gasteiger partial charge in [-0.05, 0) is 0 Å². The Labute approximate surface area is 155 Å². The molecular weight excluding hydrogens is 360 g/mol. The molecule has 11 heteroatoms. The predicted octanol–water partition coefficient (Wildman–Crippen LogP) is 0.591. The number of anilines is 2. The molecule has 0 radical (unpaired) electrons. The van der Waals surface area contributed by atoms with Gasteiger partial charge in [-0.3, -0.25) is 9.91 Å². The number of cyclic esters (lactones) is 1. The van der Waals surface area contributed by atoms with E-state index in [2.05, 4.69) is 5.10 Å². The molecular formula is C16H21F2N7O2. The number of hydrazone groups is 1. The monoisotopic (exact) mass is 381 g/mol. The van der Waals surface area contributed by atoms with E-state index in [9.17, 15) is 13.6 Å². The molecule has 0 aromatic heterocycles. The number of amides is 1. The molecule has 0 aliphatic carbocycles. The number of hydrazine groups is 1. The molecule has 9 nitrogen and oxygen atoms in total. The van der Waals surface area contributed by atoms with Crippen molar-refractivity contribution >= 4 is 23.8 Å². The van der Waals surface area contributed by atoms with Crippen LogP contribution in [-0.4, -0.2) is 61.8 Å². The fraction of sp³-hybridized carbons (Fsp3) is 0.375. The van der Waals surface area contributed by atoms with Crippen LogP contribution in [0.1, 0.15) is 0 Å². The normalized spacial score (nSPS) is 19.9. The van der Waals surface area contributed by atoms with E-state index in [1.807, 2.05) is 0 Å². The van der Waals surface area contributed by atoms with Gasteiger partial charge in [-0.2, -0.15) is 5.10 Å². The Morgan fingerprint density at radius 3 is 2.67 bits per heavy atom. The second-order valence-corrected chi connectivity index (χ2v) is 6.22. The van der Waals surface area contributed by atoms with Crippen molar-refractivity contribution < 1.29 is 18.3 Å². The summed E-state index contributed by atoms with van der Waals surface area (Å²) in [7, 11) is 1.77. The van der Waals surface area contributed by atoms with Crippen molar-refractivity contribution in [1.29, 1.82) is 0 Å². The standard InChI is InChI=1S/C16H21F2N7O2/c1-22-4-5-23(10-21-22)15-13(17)6-11(7-14(15)18)25-9-12(27-16(25)26)8-24(20)3-2-19/h2-3,6-7,10,12H,4-5,8-9,19-20H2,1H3/b3-2-. The molecule has 1 aromatic rings. The lowest BCUT2D eigenvalue weighted by molar-refractivity contribution is 0.122. The van der Waals surface area contributed by atoms with Gasteiger partial charge in [-0.25, -0.2) is 19.4 Å². The molecule has 1 amide bonds. The smallest absolute Gasteiger partial charge is 0.414 e. The Morgan fingerprint density at radius 1 is 1.37 bits per heavy atom. The van der Waals surface area contributed by atoms with Gasteiger partial charge in [0.25, 0.3) is 0 Å². The van der Waals surface area contributed by atoms with Gasteiger partial charge < -0.3 is 20.4 Å². The van der Waals surface area contributed by atoms with E-state index in [4.69, 9.17) is 16.3 Å². The largest absolute Gasteiger partial charge is 0.442 e. The summed E-state index contributed by atoms with van der Waals surface area (Å²) >= 11 is 0. The summed E-state index contributed by atoms with van der Waals surface area (Å²) in [4.78, 5) is 14.6. The Hall–Kier alpha value is -3.08. The number of benzene rings is 1. The average Bonchev–Trinajstić information content (AvgIpc) is 2.96. The second kappa shape index (κ2) is 7.66. The van der Waals surface area contributed by atoms with E-state index in [1.165, 1.54) is 33.5 Å². The van der Waals surface area contributed by atoms with Gasteiger partial charge in [-0.15, -0.1) is 0 Å². The second-order valence-electron chi connectivity index (χ2n) is 6.22. The van der Waals surface area contributed by atoms with Crippen molar-refractivity contribution in [2.24, 2.45) is 16.7 Å². The predicted molar refractivity (Wildman–Crippen MR) is 96.7 cm³/mol. The number of ether oxygens (including phenoxy) is 1. The van der Waals surface area contributed by atoms with Crippen molar-refractivity contribution in [3.8, 4) is 0 Å². The molecule has 2 aliphatic heterocycles. The number of nitrogens with zero attached hydrogens (tertiary/aromatic N) is 5. The first-order valence-corrected chi connectivity index (χ1v) is 8.28. The summed E-state index contributed by atoms with van der Waals surface area (Å²) < 4.78 is 34.4. The highest BCUT2D eigenvalue weighted by Crippen LogP contribution is 2.31. The molecule has 1 unspecified atom stereocenters. The van der Waals surface area contributed by atoms with Crippen molar-refractivity contribution in [1.82, 2.24) is 10.0 Å². The van der Waals surface area contributed by atoms with Crippen LogP contribution < -0.4 is 21.4 Å². The molecule has 2 heterocycles. The Morgan fingerprint density at radius 2 is 2.07 bits per heavy atom. The van der Waals surface area contributed by atoms with Gasteiger partial charge >= 0.3 is 6.09 Å². The van der Waals surface area contributed by atoms with E-state index in [1.54, 1.807) is 12.1 Å². The zero-order valence-electron chi connectivity index (χ0n) is 14.8. The number of likely N-dealkylation sites (N-methyl/N-ethyl adjacent to an activating group) is 1. The minimum Gasteiger partial charge on any atom is -0.442 e. The average molecular weight is 381 g/mol. The molecule has 0 saturated carbocycles. The Bertz CT molecular complexity index is 750. The molecule has 146 valence electrons. The topological polar surface area (TPSA) is 104 Å². The van der Waals surface area contributed by atoms with Gasteiger partial charge in [-0.1, -0.05) is 0 Å². The minimum absolute atomic E-state index is 0.0743. The quantitative estimate of drug-likeness (QED) is 0.568. The van der Waals surface area contributed by atoms with Crippen LogP contribution in [0.4, 0.5) is 25.0 Å². The number of hydrogen-bond acceptors (Lipinski definition) is 8. The third kappa shape index (κ3) is 4.03. The maximum absolute atomic E-state index is 14.6. The molecule has 0 bridgehead atoms. The van der Waals surface area contributed by atoms with Gasteiger partial charge in [0, 0.05) is 38.1 Å². The van der Waals surface area contributed by atoms with E-state index < -0.39 is 23.8 Å². The first-order chi connectivity index (χ1) is 12.9. The molecule has 1 saturated heterocycles. The van der Waals surface area contributed by atoms with E-state index in [-0.39, 0.29) is 24.5 Å². The summed E-state index contributed by atoms with van der Waals surface area (Å²) in [5.41, 5.74) is 5.11. The zero-order valence-corrected chi connectivity index (χ0v) is 14.8. The van der Waals surface area contributed by atoms with Crippen molar-refractivity contribution in [2.75, 3.05) is 43.0 Å². The van der Waals surface area contributed by atoms with Crippen LogP contribution in [-0.2, 0) is 4.74 Å². The van der Waals surface area contributed by atoms with Crippen molar-refractivity contribution in [3.63, 3.8) is 0 Å². The molecule has 27 heavy (non-hydrogen) atoms. The van der Waals surface area contributed by atoms with Gasteiger partial charge in [0.1, 0.15) is 18.1 Å². The van der Waals surface area contributed by atoms with Crippen LogP contribution in [0, 0.1) is 11.6 Å². The van der Waals surface area contributed by atoms with Crippen LogP contribution >= 0.6 is 0 Å². The Balaban J connectivity index is 1.78. The SMILES string of the molecule is CN1CCN(c2c(F)cc(N3CC(CN(N)/C=C\N)OC3=O)cc2F)C=N1.